The van der Waals surface area contributed by atoms with E-state index in [0.29, 0.717) is 22.2 Å². The molecule has 0 saturated carbocycles. The van der Waals surface area contributed by atoms with Crippen LogP contribution in [0.1, 0.15) is 12.8 Å². The van der Waals surface area contributed by atoms with Crippen LogP contribution in [0.25, 0.3) is 0 Å². The van der Waals surface area contributed by atoms with E-state index >= 15 is 0 Å². The minimum absolute atomic E-state index is 0. The van der Waals surface area contributed by atoms with Gasteiger partial charge in [-0.25, -0.2) is 8.42 Å². The van der Waals surface area contributed by atoms with Crippen molar-refractivity contribution in [2.45, 2.75) is 12.8 Å². The van der Waals surface area contributed by atoms with Gasteiger partial charge in [0.05, 0.1) is 21.7 Å². The van der Waals surface area contributed by atoms with Gasteiger partial charge in [-0.1, -0.05) is 23.2 Å². The van der Waals surface area contributed by atoms with Crippen LogP contribution in [0, 0.1) is 0 Å². The second-order valence-corrected chi connectivity index (χ2v) is 5.76. The topological polar surface area (TPSA) is 66.4 Å². The van der Waals surface area contributed by atoms with Crippen LogP contribution in [-0.4, -0.2) is 25.3 Å². The molecule has 0 radical (unpaired) electrons. The molecular formula is C10H11Cl2NaO4S. The maximum Gasteiger partial charge on any atom is 1.00 e. The standard InChI is InChI=1S/C10H12Cl2O4S.Na/c11-8-3-4-9(12)10(7-8)16-5-1-2-6-17(13,14)15;/h3-4,7H,1-2,5-6H2,(H,13,14,15);/q;+1/p-1. The molecule has 18 heavy (non-hydrogen) atoms. The van der Waals surface area contributed by atoms with E-state index in [4.69, 9.17) is 27.9 Å². The van der Waals surface area contributed by atoms with Crippen LogP contribution >= 0.6 is 23.2 Å². The molecule has 96 valence electrons. The Morgan fingerprint density at radius 2 is 1.89 bits per heavy atom. The number of unbranched alkanes of at least 4 members (excludes halogenated alkanes) is 1. The summed E-state index contributed by atoms with van der Waals surface area (Å²) in [6, 6.07) is 4.83. The summed E-state index contributed by atoms with van der Waals surface area (Å²) >= 11 is 11.6. The number of halogens is 2. The Kier molecular flexibility index (Phi) is 8.88. The molecule has 0 heterocycles. The van der Waals surface area contributed by atoms with Crippen LogP contribution in [-0.2, 0) is 10.1 Å². The van der Waals surface area contributed by atoms with Crippen molar-refractivity contribution in [3.8, 4) is 5.75 Å². The fourth-order valence-electron chi connectivity index (χ4n) is 1.15. The molecule has 0 atom stereocenters. The molecule has 4 nitrogen and oxygen atoms in total. The van der Waals surface area contributed by atoms with Crippen molar-refractivity contribution in [2.75, 3.05) is 12.4 Å². The van der Waals surface area contributed by atoms with Crippen molar-refractivity contribution in [3.05, 3.63) is 28.2 Å². The van der Waals surface area contributed by atoms with Gasteiger partial charge in [0.1, 0.15) is 5.75 Å². The predicted octanol–water partition coefficient (Wildman–Crippen LogP) is -0.298. The number of hydrogen-bond donors (Lipinski definition) is 0. The predicted molar refractivity (Wildman–Crippen MR) is 65.8 cm³/mol. The fourth-order valence-corrected chi connectivity index (χ4v) is 2.04. The summed E-state index contributed by atoms with van der Waals surface area (Å²) in [5, 5.41) is 0.942. The average molecular weight is 321 g/mol. The Balaban J connectivity index is 0.00000289. The third kappa shape index (κ3) is 7.84. The maximum atomic E-state index is 10.3. The molecule has 1 aromatic rings. The van der Waals surface area contributed by atoms with E-state index in [9.17, 15) is 13.0 Å². The van der Waals surface area contributed by atoms with Crippen molar-refractivity contribution in [1.82, 2.24) is 0 Å². The average Bonchev–Trinajstić information content (AvgIpc) is 2.21. The molecule has 0 amide bonds. The van der Waals surface area contributed by atoms with Crippen LogP contribution in [0.3, 0.4) is 0 Å². The first-order valence-electron chi connectivity index (χ1n) is 4.90. The summed E-state index contributed by atoms with van der Waals surface area (Å²) in [7, 11) is -4.14. The normalized spacial score (nSPS) is 10.8. The van der Waals surface area contributed by atoms with E-state index in [-0.39, 0.29) is 48.3 Å². The van der Waals surface area contributed by atoms with Gasteiger partial charge >= 0.3 is 29.6 Å². The zero-order valence-corrected chi connectivity index (χ0v) is 14.2. The molecule has 0 N–H and O–H groups in total. The van der Waals surface area contributed by atoms with Gasteiger partial charge in [0.2, 0.25) is 0 Å². The molecule has 0 fully saturated rings. The second kappa shape index (κ2) is 8.64. The Hall–Kier alpha value is 0.510. The van der Waals surface area contributed by atoms with Gasteiger partial charge in [-0.15, -0.1) is 0 Å². The second-order valence-electron chi connectivity index (χ2n) is 3.39. The van der Waals surface area contributed by atoms with Crippen LogP contribution in [0.4, 0.5) is 0 Å². The minimum atomic E-state index is -4.14. The molecule has 0 bridgehead atoms. The zero-order chi connectivity index (χ0) is 12.9. The quantitative estimate of drug-likeness (QED) is 0.410. The molecular weight excluding hydrogens is 310 g/mol. The summed E-state index contributed by atoms with van der Waals surface area (Å²) in [5.41, 5.74) is 0. The van der Waals surface area contributed by atoms with Gasteiger partial charge in [0.15, 0.2) is 0 Å². The number of benzene rings is 1. The van der Waals surface area contributed by atoms with Crippen LogP contribution < -0.4 is 34.3 Å². The van der Waals surface area contributed by atoms with Crippen molar-refractivity contribution >= 4 is 33.3 Å². The van der Waals surface area contributed by atoms with Crippen molar-refractivity contribution < 1.29 is 47.3 Å². The van der Waals surface area contributed by atoms with Gasteiger partial charge in [0, 0.05) is 16.8 Å². The van der Waals surface area contributed by atoms with Crippen molar-refractivity contribution in [3.63, 3.8) is 0 Å². The molecule has 0 unspecified atom stereocenters. The Bertz CT molecular complexity index is 479. The van der Waals surface area contributed by atoms with Crippen LogP contribution in [0.15, 0.2) is 18.2 Å². The fraction of sp³-hybridized carbons (Fsp3) is 0.400. The van der Waals surface area contributed by atoms with Crippen molar-refractivity contribution in [1.29, 1.82) is 0 Å². The van der Waals surface area contributed by atoms with E-state index in [2.05, 4.69) is 0 Å². The van der Waals surface area contributed by atoms with Crippen LogP contribution in [0.2, 0.25) is 10.0 Å². The molecule has 0 aliphatic rings. The van der Waals surface area contributed by atoms with E-state index in [1.165, 1.54) is 0 Å². The van der Waals surface area contributed by atoms with Gasteiger partial charge in [-0.3, -0.25) is 0 Å². The molecule has 0 saturated heterocycles. The summed E-state index contributed by atoms with van der Waals surface area (Å²) in [4.78, 5) is 0. The molecule has 8 heteroatoms. The zero-order valence-electron chi connectivity index (χ0n) is 9.86. The Morgan fingerprint density at radius 1 is 1.22 bits per heavy atom. The summed E-state index contributed by atoms with van der Waals surface area (Å²) in [5.74, 6) is 0.0729. The first-order valence-corrected chi connectivity index (χ1v) is 7.23. The summed E-state index contributed by atoms with van der Waals surface area (Å²) in [6.45, 7) is 0.287. The monoisotopic (exact) mass is 320 g/mol. The molecule has 1 aromatic carbocycles. The SMILES string of the molecule is O=S(=O)([O-])CCCCOc1cc(Cl)ccc1Cl.[Na+]. The maximum absolute atomic E-state index is 10.3. The number of ether oxygens (including phenoxy) is 1. The van der Waals surface area contributed by atoms with E-state index < -0.39 is 10.1 Å². The first kappa shape index (κ1) is 18.5. The van der Waals surface area contributed by atoms with E-state index in [1.54, 1.807) is 18.2 Å². The van der Waals surface area contributed by atoms with Gasteiger partial charge in [-0.05, 0) is 25.0 Å². The summed E-state index contributed by atoms with van der Waals surface area (Å²) < 4.78 is 36.3. The van der Waals surface area contributed by atoms with E-state index in [0.717, 1.165) is 0 Å². The third-order valence-corrected chi connectivity index (χ3v) is 3.28. The third-order valence-electron chi connectivity index (χ3n) is 1.94. The van der Waals surface area contributed by atoms with E-state index in [1.807, 2.05) is 0 Å². The van der Waals surface area contributed by atoms with Gasteiger partial charge in [-0.2, -0.15) is 0 Å². The minimum Gasteiger partial charge on any atom is -0.748 e. The summed E-state index contributed by atoms with van der Waals surface area (Å²) in [6.07, 6.45) is 0.730. The molecule has 0 aromatic heterocycles. The molecule has 0 aliphatic heterocycles. The number of hydrogen-bond acceptors (Lipinski definition) is 4. The molecule has 1 rings (SSSR count). The van der Waals surface area contributed by atoms with Gasteiger partial charge in [0.25, 0.3) is 0 Å². The molecule has 0 spiro atoms. The van der Waals surface area contributed by atoms with Gasteiger partial charge < -0.3 is 9.29 Å². The molecule has 0 aliphatic carbocycles. The Morgan fingerprint density at radius 3 is 2.50 bits per heavy atom. The first-order chi connectivity index (χ1) is 7.88. The van der Waals surface area contributed by atoms with Crippen LogP contribution in [0.5, 0.6) is 5.75 Å². The number of rotatable bonds is 6. The largest absolute Gasteiger partial charge is 1.00 e. The smallest absolute Gasteiger partial charge is 0.748 e. The Labute approximate surface area is 139 Å². The van der Waals surface area contributed by atoms with Crippen molar-refractivity contribution in [2.24, 2.45) is 0 Å².